The molecule has 0 aliphatic heterocycles. The van der Waals surface area contributed by atoms with E-state index in [9.17, 15) is 14.9 Å². The van der Waals surface area contributed by atoms with Gasteiger partial charge in [0.15, 0.2) is 6.10 Å². The number of hydrogen-bond donors (Lipinski definition) is 2. The zero-order valence-corrected chi connectivity index (χ0v) is 8.99. The van der Waals surface area contributed by atoms with Crippen LogP contribution < -0.4 is 5.32 Å². The van der Waals surface area contributed by atoms with Gasteiger partial charge in [-0.2, -0.15) is 0 Å². The van der Waals surface area contributed by atoms with E-state index in [1.807, 2.05) is 0 Å². The molecule has 0 spiro atoms. The minimum atomic E-state index is -1.12. The Morgan fingerprint density at radius 3 is 3.00 bits per heavy atom. The van der Waals surface area contributed by atoms with Gasteiger partial charge >= 0.3 is 5.97 Å². The number of hydrogen-bond acceptors (Lipinski definition) is 6. The highest BCUT2D eigenvalue weighted by atomic mass is 16.6. The van der Waals surface area contributed by atoms with Crippen LogP contribution in [0.3, 0.4) is 0 Å². The molecule has 0 aliphatic rings. The largest absolute Gasteiger partial charge is 0.479 e. The third-order valence-electron chi connectivity index (χ3n) is 1.98. The Morgan fingerprint density at radius 1 is 1.76 bits per heavy atom. The normalized spacial score (nSPS) is 11.8. The van der Waals surface area contributed by atoms with Crippen molar-refractivity contribution in [3.63, 3.8) is 0 Å². The molecule has 8 nitrogen and oxygen atoms in total. The number of nitrogens with one attached hydrogen (secondary N) is 1. The molecule has 0 saturated carbocycles. The summed E-state index contributed by atoms with van der Waals surface area (Å²) in [6.07, 6.45) is 0.235. The lowest BCUT2D eigenvalue weighted by Crippen LogP contribution is -2.30. The van der Waals surface area contributed by atoms with Crippen LogP contribution in [0.15, 0.2) is 18.3 Å². The Labute approximate surface area is 96.4 Å². The van der Waals surface area contributed by atoms with Gasteiger partial charge in [-0.3, -0.25) is 10.1 Å². The van der Waals surface area contributed by atoms with Crippen LogP contribution in [0.1, 0.15) is 0 Å². The fourth-order valence-electron chi connectivity index (χ4n) is 1.10. The van der Waals surface area contributed by atoms with E-state index in [1.165, 1.54) is 25.4 Å². The van der Waals surface area contributed by atoms with Crippen molar-refractivity contribution < 1.29 is 19.6 Å². The number of aromatic nitrogens is 1. The van der Waals surface area contributed by atoms with Crippen LogP contribution in [0.2, 0.25) is 0 Å². The molecule has 0 amide bonds. The average molecular weight is 241 g/mol. The molecule has 1 rings (SSSR count). The number of carboxylic acids is 1. The van der Waals surface area contributed by atoms with Crippen LogP contribution >= 0.6 is 0 Å². The van der Waals surface area contributed by atoms with Crippen LogP contribution in [0.25, 0.3) is 0 Å². The molecule has 1 aromatic heterocycles. The van der Waals surface area contributed by atoms with Gasteiger partial charge in [0.05, 0.1) is 17.5 Å². The lowest BCUT2D eigenvalue weighted by atomic mass is 10.3. The molecule has 8 heteroatoms. The topological polar surface area (TPSA) is 115 Å². The number of nitrogens with zero attached hydrogens (tertiary/aromatic N) is 2. The van der Waals surface area contributed by atoms with Gasteiger partial charge in [0.2, 0.25) is 0 Å². The Kier molecular flexibility index (Phi) is 4.35. The molecule has 2 N–H and O–H groups in total. The van der Waals surface area contributed by atoms with Crippen molar-refractivity contribution in [3.05, 3.63) is 28.4 Å². The molecule has 1 heterocycles. The second-order valence-electron chi connectivity index (χ2n) is 3.10. The Morgan fingerprint density at radius 2 is 2.47 bits per heavy atom. The standard InChI is InChI=1S/C9H11N3O5/c1-17-7(9(13)14)5-11-8-4-6(12(15)16)2-3-10-8/h2-4,7H,5H2,1H3,(H,10,11)(H,13,14). The van der Waals surface area contributed by atoms with Gasteiger partial charge in [-0.25, -0.2) is 9.78 Å². The highest BCUT2D eigenvalue weighted by molar-refractivity contribution is 5.73. The Bertz CT molecular complexity index is 423. The number of carbonyl (C=O) groups is 1. The molecular formula is C9H11N3O5. The maximum absolute atomic E-state index is 10.6. The summed E-state index contributed by atoms with van der Waals surface area (Å²) in [6.45, 7) is -0.0278. The van der Waals surface area contributed by atoms with Gasteiger partial charge in [-0.05, 0) is 0 Å². The number of pyridine rings is 1. The van der Waals surface area contributed by atoms with E-state index in [2.05, 4.69) is 15.0 Å². The summed E-state index contributed by atoms with van der Waals surface area (Å²) in [7, 11) is 1.27. The zero-order chi connectivity index (χ0) is 12.8. The lowest BCUT2D eigenvalue weighted by molar-refractivity contribution is -0.384. The number of ether oxygens (including phenoxy) is 1. The van der Waals surface area contributed by atoms with Gasteiger partial charge in [-0.15, -0.1) is 0 Å². The maximum atomic E-state index is 10.6. The summed E-state index contributed by atoms with van der Waals surface area (Å²) < 4.78 is 4.69. The first-order valence-electron chi connectivity index (χ1n) is 4.64. The smallest absolute Gasteiger partial charge is 0.334 e. The summed E-state index contributed by atoms with van der Waals surface area (Å²) in [4.78, 5) is 24.4. The van der Waals surface area contributed by atoms with E-state index in [-0.39, 0.29) is 18.1 Å². The van der Waals surface area contributed by atoms with Crippen LogP contribution in [0.5, 0.6) is 0 Å². The molecule has 0 aliphatic carbocycles. The number of methoxy groups -OCH3 is 1. The molecular weight excluding hydrogens is 230 g/mol. The highest BCUT2D eigenvalue weighted by Crippen LogP contribution is 2.14. The molecule has 1 atom stereocenters. The van der Waals surface area contributed by atoms with Crippen LogP contribution in [-0.2, 0) is 9.53 Å². The molecule has 1 aromatic rings. The van der Waals surface area contributed by atoms with Crippen molar-refractivity contribution in [3.8, 4) is 0 Å². The van der Waals surface area contributed by atoms with Gasteiger partial charge in [0.25, 0.3) is 5.69 Å². The molecule has 0 aromatic carbocycles. The first-order chi connectivity index (χ1) is 8.04. The van der Waals surface area contributed by atoms with E-state index in [1.54, 1.807) is 0 Å². The van der Waals surface area contributed by atoms with Crippen LogP contribution in [-0.4, -0.2) is 40.7 Å². The second-order valence-corrected chi connectivity index (χ2v) is 3.10. The number of carboxylic acid groups (broad SMARTS) is 1. The van der Waals surface area contributed by atoms with Gasteiger partial charge < -0.3 is 15.2 Å². The number of nitro groups is 1. The monoisotopic (exact) mass is 241 g/mol. The fourth-order valence-corrected chi connectivity index (χ4v) is 1.10. The summed E-state index contributed by atoms with van der Waals surface area (Å²) in [5.74, 6) is -0.895. The maximum Gasteiger partial charge on any atom is 0.334 e. The highest BCUT2D eigenvalue weighted by Gasteiger charge is 2.16. The van der Waals surface area contributed by atoms with Gasteiger partial charge in [0.1, 0.15) is 5.82 Å². The number of rotatable bonds is 6. The van der Waals surface area contributed by atoms with Crippen LogP contribution in [0.4, 0.5) is 11.5 Å². The van der Waals surface area contributed by atoms with Crippen molar-refractivity contribution in [1.82, 2.24) is 4.98 Å². The molecule has 1 unspecified atom stereocenters. The van der Waals surface area contributed by atoms with E-state index in [0.717, 1.165) is 0 Å². The summed E-state index contributed by atoms with van der Waals surface area (Å²) in [5.41, 5.74) is -0.119. The molecule has 0 radical (unpaired) electrons. The van der Waals surface area contributed by atoms with E-state index in [0.29, 0.717) is 0 Å². The Hall–Kier alpha value is -2.22. The van der Waals surface area contributed by atoms with Gasteiger partial charge in [0, 0.05) is 19.4 Å². The van der Waals surface area contributed by atoms with Crippen LogP contribution in [0, 0.1) is 10.1 Å². The average Bonchev–Trinajstić information content (AvgIpc) is 2.29. The predicted molar refractivity (Wildman–Crippen MR) is 57.8 cm³/mol. The molecule has 0 fully saturated rings. The second kappa shape index (κ2) is 5.75. The van der Waals surface area contributed by atoms with Crippen molar-refractivity contribution in [2.75, 3.05) is 19.0 Å². The summed E-state index contributed by atoms with van der Waals surface area (Å²) in [5, 5.41) is 21.8. The fraction of sp³-hybridized carbons (Fsp3) is 0.333. The van der Waals surface area contributed by atoms with E-state index < -0.39 is 17.0 Å². The van der Waals surface area contributed by atoms with Crippen molar-refractivity contribution >= 4 is 17.5 Å². The lowest BCUT2D eigenvalue weighted by Gasteiger charge is -2.11. The molecule has 0 bridgehead atoms. The van der Waals surface area contributed by atoms with Crippen molar-refractivity contribution in [2.24, 2.45) is 0 Å². The molecule has 17 heavy (non-hydrogen) atoms. The molecule has 92 valence electrons. The number of aliphatic carboxylic acids is 1. The summed E-state index contributed by atoms with van der Waals surface area (Å²) >= 11 is 0. The van der Waals surface area contributed by atoms with Crippen molar-refractivity contribution in [1.29, 1.82) is 0 Å². The van der Waals surface area contributed by atoms with E-state index in [4.69, 9.17) is 5.11 Å². The molecule has 0 saturated heterocycles. The quantitative estimate of drug-likeness (QED) is 0.550. The number of anilines is 1. The van der Waals surface area contributed by atoms with Crippen molar-refractivity contribution in [2.45, 2.75) is 6.10 Å². The first kappa shape index (κ1) is 12.8. The van der Waals surface area contributed by atoms with E-state index >= 15 is 0 Å². The minimum absolute atomic E-state index is 0.0278. The minimum Gasteiger partial charge on any atom is -0.479 e. The van der Waals surface area contributed by atoms with Gasteiger partial charge in [-0.1, -0.05) is 0 Å². The summed E-state index contributed by atoms with van der Waals surface area (Å²) in [6, 6.07) is 2.46. The third kappa shape index (κ3) is 3.68. The Balaban J connectivity index is 2.66. The predicted octanol–water partition coefficient (Wildman–Crippen LogP) is 0.501. The third-order valence-corrected chi connectivity index (χ3v) is 1.98. The zero-order valence-electron chi connectivity index (χ0n) is 8.99. The first-order valence-corrected chi connectivity index (χ1v) is 4.64. The SMILES string of the molecule is COC(CNc1cc([N+](=O)[O-])ccn1)C(=O)O.